The first-order valence-electron chi connectivity index (χ1n) is 6.66. The lowest BCUT2D eigenvalue weighted by Gasteiger charge is -2.13. The van der Waals surface area contributed by atoms with Crippen LogP contribution < -0.4 is 0 Å². The molecule has 1 aromatic carbocycles. The second-order valence-electron chi connectivity index (χ2n) is 5.26. The highest BCUT2D eigenvalue weighted by atomic mass is 19.4. The third-order valence-corrected chi connectivity index (χ3v) is 3.28. The van der Waals surface area contributed by atoms with E-state index in [1.165, 1.54) is 6.20 Å². The van der Waals surface area contributed by atoms with Crippen LogP contribution in [0.4, 0.5) is 13.2 Å². The highest BCUT2D eigenvalue weighted by molar-refractivity contribution is 5.26. The molecule has 0 saturated heterocycles. The fourth-order valence-corrected chi connectivity index (χ4v) is 2.00. The molecule has 0 aliphatic rings. The van der Waals surface area contributed by atoms with Crippen molar-refractivity contribution in [3.8, 4) is 0 Å². The summed E-state index contributed by atoms with van der Waals surface area (Å²) in [6.07, 6.45) is -4.14. The van der Waals surface area contributed by atoms with Crippen molar-refractivity contribution < 1.29 is 18.3 Å². The SMILES string of the molecule is CC(C)c1ccc(C(O)Cn2ccc(C(F)(F)F)n2)cc1. The molecule has 1 heterocycles. The summed E-state index contributed by atoms with van der Waals surface area (Å²) in [4.78, 5) is 0. The van der Waals surface area contributed by atoms with Crippen LogP contribution in [0.1, 0.15) is 42.7 Å². The van der Waals surface area contributed by atoms with E-state index < -0.39 is 18.0 Å². The number of hydrogen-bond donors (Lipinski definition) is 1. The quantitative estimate of drug-likeness (QED) is 0.933. The average molecular weight is 298 g/mol. The lowest BCUT2D eigenvalue weighted by molar-refractivity contribution is -0.141. The van der Waals surface area contributed by atoms with E-state index in [1.54, 1.807) is 12.1 Å². The molecule has 114 valence electrons. The molecule has 1 aromatic heterocycles. The maximum Gasteiger partial charge on any atom is 0.435 e. The summed E-state index contributed by atoms with van der Waals surface area (Å²) >= 11 is 0. The molecule has 3 nitrogen and oxygen atoms in total. The molecule has 0 aliphatic heterocycles. The first kappa shape index (κ1) is 15.6. The molecule has 0 aliphatic carbocycles. The molecule has 2 rings (SSSR count). The van der Waals surface area contributed by atoms with Gasteiger partial charge in [0.2, 0.25) is 0 Å². The van der Waals surface area contributed by atoms with Crippen LogP contribution in [0.2, 0.25) is 0 Å². The number of hydrogen-bond acceptors (Lipinski definition) is 2. The topological polar surface area (TPSA) is 38.0 Å². The van der Waals surface area contributed by atoms with Crippen LogP contribution in [0, 0.1) is 0 Å². The molecule has 0 radical (unpaired) electrons. The number of halogens is 3. The Bertz CT molecular complexity index is 588. The summed E-state index contributed by atoms with van der Waals surface area (Å²) in [7, 11) is 0. The minimum absolute atomic E-state index is 0.0168. The number of alkyl halides is 3. The lowest BCUT2D eigenvalue weighted by Crippen LogP contribution is -2.12. The Morgan fingerprint density at radius 3 is 2.14 bits per heavy atom. The summed E-state index contributed by atoms with van der Waals surface area (Å²) in [6.45, 7) is 4.11. The van der Waals surface area contributed by atoms with E-state index in [2.05, 4.69) is 18.9 Å². The van der Waals surface area contributed by atoms with Crippen molar-refractivity contribution in [1.82, 2.24) is 9.78 Å². The molecule has 0 fully saturated rings. The van der Waals surface area contributed by atoms with Gasteiger partial charge < -0.3 is 5.11 Å². The van der Waals surface area contributed by atoms with E-state index in [0.717, 1.165) is 16.3 Å². The van der Waals surface area contributed by atoms with Crippen LogP contribution in [-0.4, -0.2) is 14.9 Å². The number of aliphatic hydroxyl groups is 1. The molecular weight excluding hydrogens is 281 g/mol. The fraction of sp³-hybridized carbons (Fsp3) is 0.400. The summed E-state index contributed by atoms with van der Waals surface area (Å²) < 4.78 is 38.4. The molecule has 1 unspecified atom stereocenters. The predicted octanol–water partition coefficient (Wildman–Crippen LogP) is 3.76. The van der Waals surface area contributed by atoms with Gasteiger partial charge in [-0.3, -0.25) is 4.68 Å². The van der Waals surface area contributed by atoms with E-state index in [0.29, 0.717) is 11.5 Å². The van der Waals surface area contributed by atoms with Gasteiger partial charge in [0.15, 0.2) is 5.69 Å². The highest BCUT2D eigenvalue weighted by Crippen LogP contribution is 2.27. The molecule has 1 atom stereocenters. The Hall–Kier alpha value is -1.82. The normalized spacial score (nSPS) is 13.7. The van der Waals surface area contributed by atoms with Crippen LogP contribution in [0.15, 0.2) is 36.5 Å². The fourth-order valence-electron chi connectivity index (χ4n) is 2.00. The Morgan fingerprint density at radius 1 is 1.10 bits per heavy atom. The summed E-state index contributed by atoms with van der Waals surface area (Å²) in [6, 6.07) is 8.29. The molecule has 6 heteroatoms. The predicted molar refractivity (Wildman–Crippen MR) is 72.7 cm³/mol. The van der Waals surface area contributed by atoms with Crippen molar-refractivity contribution in [2.75, 3.05) is 0 Å². The smallest absolute Gasteiger partial charge is 0.386 e. The number of nitrogens with zero attached hydrogens (tertiary/aromatic N) is 2. The zero-order valence-corrected chi connectivity index (χ0v) is 11.8. The Kier molecular flexibility index (Phi) is 4.37. The van der Waals surface area contributed by atoms with Gasteiger partial charge in [0.25, 0.3) is 0 Å². The maximum absolute atomic E-state index is 12.4. The van der Waals surface area contributed by atoms with Gasteiger partial charge in [0.1, 0.15) is 0 Å². The van der Waals surface area contributed by atoms with Crippen molar-refractivity contribution in [2.24, 2.45) is 0 Å². The standard InChI is InChI=1S/C15H17F3N2O/c1-10(2)11-3-5-12(6-4-11)13(21)9-20-8-7-14(19-20)15(16,17)18/h3-8,10,13,21H,9H2,1-2H3. The molecule has 1 N–H and O–H groups in total. The van der Waals surface area contributed by atoms with Crippen LogP contribution in [0.25, 0.3) is 0 Å². The molecule has 0 bridgehead atoms. The van der Waals surface area contributed by atoms with Crippen molar-refractivity contribution >= 4 is 0 Å². The van der Waals surface area contributed by atoms with Crippen LogP contribution in [0.3, 0.4) is 0 Å². The van der Waals surface area contributed by atoms with Crippen LogP contribution in [-0.2, 0) is 12.7 Å². The van der Waals surface area contributed by atoms with E-state index in [4.69, 9.17) is 0 Å². The Morgan fingerprint density at radius 2 is 1.67 bits per heavy atom. The molecular formula is C15H17F3N2O. The Balaban J connectivity index is 2.07. The summed E-state index contributed by atoms with van der Waals surface area (Å²) in [5.41, 5.74) is 0.845. The minimum Gasteiger partial charge on any atom is -0.386 e. The zero-order chi connectivity index (χ0) is 15.6. The number of rotatable bonds is 4. The molecule has 2 aromatic rings. The third kappa shape index (κ3) is 3.85. The molecule has 0 amide bonds. The minimum atomic E-state index is -4.46. The van der Waals surface area contributed by atoms with Gasteiger partial charge in [0, 0.05) is 6.20 Å². The van der Waals surface area contributed by atoms with Crippen molar-refractivity contribution in [3.05, 3.63) is 53.3 Å². The van der Waals surface area contributed by atoms with Crippen LogP contribution in [0.5, 0.6) is 0 Å². The molecule has 21 heavy (non-hydrogen) atoms. The molecule has 0 saturated carbocycles. The van der Waals surface area contributed by atoms with Crippen molar-refractivity contribution in [1.29, 1.82) is 0 Å². The first-order valence-corrected chi connectivity index (χ1v) is 6.66. The number of benzene rings is 1. The highest BCUT2D eigenvalue weighted by Gasteiger charge is 2.33. The average Bonchev–Trinajstić information content (AvgIpc) is 2.87. The maximum atomic E-state index is 12.4. The van der Waals surface area contributed by atoms with E-state index in [9.17, 15) is 18.3 Å². The second-order valence-corrected chi connectivity index (χ2v) is 5.26. The van der Waals surface area contributed by atoms with Gasteiger partial charge in [-0.05, 0) is 23.1 Å². The second kappa shape index (κ2) is 5.89. The number of aromatic nitrogens is 2. The van der Waals surface area contributed by atoms with Gasteiger partial charge in [-0.2, -0.15) is 18.3 Å². The van der Waals surface area contributed by atoms with Gasteiger partial charge in [-0.1, -0.05) is 38.1 Å². The van der Waals surface area contributed by atoms with Crippen LogP contribution >= 0.6 is 0 Å². The van der Waals surface area contributed by atoms with Gasteiger partial charge >= 0.3 is 6.18 Å². The van der Waals surface area contributed by atoms with Gasteiger partial charge in [-0.25, -0.2) is 0 Å². The van der Waals surface area contributed by atoms with Crippen molar-refractivity contribution in [2.45, 2.75) is 38.6 Å². The summed E-state index contributed by atoms with van der Waals surface area (Å²) in [5, 5.41) is 13.5. The molecule has 0 spiro atoms. The first-order chi connectivity index (χ1) is 9.77. The van der Waals surface area contributed by atoms with Crippen molar-refractivity contribution in [3.63, 3.8) is 0 Å². The largest absolute Gasteiger partial charge is 0.435 e. The summed E-state index contributed by atoms with van der Waals surface area (Å²) in [5.74, 6) is 0.386. The Labute approximate surface area is 121 Å². The van der Waals surface area contributed by atoms with E-state index >= 15 is 0 Å². The lowest BCUT2D eigenvalue weighted by atomic mass is 10.00. The number of aliphatic hydroxyl groups excluding tert-OH is 1. The van der Waals surface area contributed by atoms with Gasteiger partial charge in [0.05, 0.1) is 12.6 Å². The van der Waals surface area contributed by atoms with E-state index in [1.807, 2.05) is 12.1 Å². The van der Waals surface area contributed by atoms with E-state index in [-0.39, 0.29) is 6.54 Å². The van der Waals surface area contributed by atoms with Gasteiger partial charge in [-0.15, -0.1) is 0 Å². The zero-order valence-electron chi connectivity index (χ0n) is 11.8. The third-order valence-electron chi connectivity index (χ3n) is 3.28. The monoisotopic (exact) mass is 298 g/mol.